The summed E-state index contributed by atoms with van der Waals surface area (Å²) < 4.78 is 29.3. The molecule has 0 amide bonds. The van der Waals surface area contributed by atoms with Gasteiger partial charge in [-0.05, 0) is 25.8 Å². The Bertz CT molecular complexity index is 167. The fraction of sp³-hybridized carbons (Fsp3) is 1.00. The summed E-state index contributed by atoms with van der Waals surface area (Å²) >= 11 is 0. The first-order valence-corrected chi connectivity index (χ1v) is 5.87. The standard InChI is InChI=1S/C11H21F2NO/c1-2-7-14-9-5-3-4-6-10(9)15-8-11(12)13/h9-11,14H,2-8H2,1H3. The molecule has 0 aliphatic heterocycles. The molecule has 0 aromatic carbocycles. The quantitative estimate of drug-likeness (QED) is 0.744. The SMILES string of the molecule is CCCNC1CCCCC1OCC(F)F. The van der Waals surface area contributed by atoms with Crippen LogP contribution < -0.4 is 5.32 Å². The fourth-order valence-electron chi connectivity index (χ4n) is 2.06. The van der Waals surface area contributed by atoms with E-state index in [1.165, 1.54) is 6.42 Å². The van der Waals surface area contributed by atoms with E-state index < -0.39 is 13.0 Å². The molecule has 1 aliphatic rings. The lowest BCUT2D eigenvalue weighted by molar-refractivity contribution is -0.0495. The second-order valence-electron chi connectivity index (χ2n) is 4.11. The number of hydrogen-bond donors (Lipinski definition) is 1. The van der Waals surface area contributed by atoms with Crippen molar-refractivity contribution < 1.29 is 13.5 Å². The van der Waals surface area contributed by atoms with Crippen LogP contribution in [-0.4, -0.2) is 31.7 Å². The van der Waals surface area contributed by atoms with E-state index in [1.807, 2.05) is 0 Å². The van der Waals surface area contributed by atoms with E-state index in [-0.39, 0.29) is 12.1 Å². The van der Waals surface area contributed by atoms with Gasteiger partial charge < -0.3 is 10.1 Å². The maximum absolute atomic E-state index is 12.0. The Hall–Kier alpha value is -0.220. The van der Waals surface area contributed by atoms with Gasteiger partial charge in [-0.3, -0.25) is 0 Å². The Morgan fingerprint density at radius 3 is 2.73 bits per heavy atom. The van der Waals surface area contributed by atoms with Crippen LogP contribution in [0.5, 0.6) is 0 Å². The smallest absolute Gasteiger partial charge is 0.261 e. The highest BCUT2D eigenvalue weighted by Gasteiger charge is 2.25. The molecular weight excluding hydrogens is 200 g/mol. The molecular formula is C11H21F2NO. The Kier molecular flexibility index (Phi) is 6.10. The first-order chi connectivity index (χ1) is 7.24. The molecule has 90 valence electrons. The molecule has 1 N–H and O–H groups in total. The number of halogens is 2. The van der Waals surface area contributed by atoms with Crippen LogP contribution in [0.4, 0.5) is 8.78 Å². The third-order valence-electron chi connectivity index (χ3n) is 2.80. The van der Waals surface area contributed by atoms with Crippen LogP contribution >= 0.6 is 0 Å². The topological polar surface area (TPSA) is 21.3 Å². The second kappa shape index (κ2) is 7.12. The number of ether oxygens (including phenoxy) is 1. The Morgan fingerprint density at radius 2 is 2.07 bits per heavy atom. The van der Waals surface area contributed by atoms with Crippen LogP contribution in [0.15, 0.2) is 0 Å². The summed E-state index contributed by atoms with van der Waals surface area (Å²) in [5.74, 6) is 0. The van der Waals surface area contributed by atoms with Crippen LogP contribution in [0, 0.1) is 0 Å². The minimum atomic E-state index is -2.35. The van der Waals surface area contributed by atoms with Gasteiger partial charge in [-0.1, -0.05) is 19.8 Å². The summed E-state index contributed by atoms with van der Waals surface area (Å²) in [6.07, 6.45) is 2.94. The van der Waals surface area contributed by atoms with E-state index in [1.54, 1.807) is 0 Å². The molecule has 15 heavy (non-hydrogen) atoms. The van der Waals surface area contributed by atoms with Crippen LogP contribution in [0.25, 0.3) is 0 Å². The van der Waals surface area contributed by atoms with Crippen LogP contribution in [-0.2, 0) is 4.74 Å². The normalized spacial score (nSPS) is 27.2. The maximum Gasteiger partial charge on any atom is 0.261 e. The van der Waals surface area contributed by atoms with Crippen LogP contribution in [0.3, 0.4) is 0 Å². The van der Waals surface area contributed by atoms with Gasteiger partial charge in [-0.25, -0.2) is 8.78 Å². The molecule has 2 nitrogen and oxygen atoms in total. The molecule has 1 rings (SSSR count). The molecule has 2 atom stereocenters. The average molecular weight is 221 g/mol. The number of hydrogen-bond acceptors (Lipinski definition) is 2. The zero-order valence-electron chi connectivity index (χ0n) is 9.35. The zero-order valence-corrected chi connectivity index (χ0v) is 9.35. The molecule has 2 unspecified atom stereocenters. The van der Waals surface area contributed by atoms with Gasteiger partial charge in [0.25, 0.3) is 6.43 Å². The molecule has 0 saturated heterocycles. The van der Waals surface area contributed by atoms with E-state index >= 15 is 0 Å². The van der Waals surface area contributed by atoms with Gasteiger partial charge in [0.05, 0.1) is 6.10 Å². The van der Waals surface area contributed by atoms with Gasteiger partial charge in [0.1, 0.15) is 6.61 Å². The van der Waals surface area contributed by atoms with Gasteiger partial charge in [-0.2, -0.15) is 0 Å². The Labute approximate surface area is 90.4 Å². The third-order valence-corrected chi connectivity index (χ3v) is 2.80. The van der Waals surface area contributed by atoms with E-state index in [2.05, 4.69) is 12.2 Å². The highest BCUT2D eigenvalue weighted by Crippen LogP contribution is 2.21. The second-order valence-corrected chi connectivity index (χ2v) is 4.11. The van der Waals surface area contributed by atoms with Crippen molar-refractivity contribution in [3.05, 3.63) is 0 Å². The molecule has 0 aromatic heterocycles. The van der Waals surface area contributed by atoms with E-state index in [4.69, 9.17) is 4.74 Å². The van der Waals surface area contributed by atoms with E-state index in [0.717, 1.165) is 32.2 Å². The Morgan fingerprint density at radius 1 is 1.33 bits per heavy atom. The van der Waals surface area contributed by atoms with Gasteiger partial charge in [0.2, 0.25) is 0 Å². The molecule has 0 radical (unpaired) electrons. The summed E-state index contributed by atoms with van der Waals surface area (Å²) in [7, 11) is 0. The molecule has 0 bridgehead atoms. The molecule has 0 aromatic rings. The van der Waals surface area contributed by atoms with Crippen molar-refractivity contribution in [1.29, 1.82) is 0 Å². The molecule has 1 fully saturated rings. The highest BCUT2D eigenvalue weighted by molar-refractivity contribution is 4.81. The molecule has 0 spiro atoms. The lowest BCUT2D eigenvalue weighted by Gasteiger charge is -2.32. The predicted octanol–water partition coefficient (Wildman–Crippen LogP) is 2.58. The number of alkyl halides is 2. The highest BCUT2D eigenvalue weighted by atomic mass is 19.3. The summed E-state index contributed by atoms with van der Waals surface area (Å²) in [5, 5.41) is 3.38. The Balaban J connectivity index is 2.29. The minimum Gasteiger partial charge on any atom is -0.371 e. The summed E-state index contributed by atoms with van der Waals surface area (Å²) in [5.41, 5.74) is 0. The largest absolute Gasteiger partial charge is 0.371 e. The monoisotopic (exact) mass is 221 g/mol. The summed E-state index contributed by atoms with van der Waals surface area (Å²) in [6, 6.07) is 0.275. The fourth-order valence-corrected chi connectivity index (χ4v) is 2.06. The predicted molar refractivity (Wildman–Crippen MR) is 56.3 cm³/mol. The van der Waals surface area contributed by atoms with Gasteiger partial charge >= 0.3 is 0 Å². The lowest BCUT2D eigenvalue weighted by atomic mass is 9.92. The van der Waals surface area contributed by atoms with E-state index in [0.29, 0.717) is 0 Å². The first kappa shape index (κ1) is 12.8. The third kappa shape index (κ3) is 4.89. The summed E-state index contributed by atoms with van der Waals surface area (Å²) in [6.45, 7) is 2.62. The van der Waals surface area contributed by atoms with Crippen LogP contribution in [0.2, 0.25) is 0 Å². The maximum atomic E-state index is 12.0. The summed E-state index contributed by atoms with van der Waals surface area (Å²) in [4.78, 5) is 0. The minimum absolute atomic E-state index is 0.0145. The van der Waals surface area contributed by atoms with Crippen molar-refractivity contribution in [1.82, 2.24) is 5.32 Å². The zero-order chi connectivity index (χ0) is 11.1. The van der Waals surface area contributed by atoms with Crippen molar-refractivity contribution in [2.24, 2.45) is 0 Å². The van der Waals surface area contributed by atoms with Crippen LogP contribution in [0.1, 0.15) is 39.0 Å². The number of rotatable bonds is 6. The number of nitrogens with one attached hydrogen (secondary N) is 1. The molecule has 1 saturated carbocycles. The van der Waals surface area contributed by atoms with Crippen molar-refractivity contribution >= 4 is 0 Å². The van der Waals surface area contributed by atoms with Crippen molar-refractivity contribution in [2.45, 2.75) is 57.6 Å². The molecule has 4 heteroatoms. The average Bonchev–Trinajstić information content (AvgIpc) is 2.24. The van der Waals surface area contributed by atoms with Gasteiger partial charge in [0.15, 0.2) is 0 Å². The molecule has 0 heterocycles. The van der Waals surface area contributed by atoms with Crippen molar-refractivity contribution in [3.63, 3.8) is 0 Å². The van der Waals surface area contributed by atoms with Gasteiger partial charge in [-0.15, -0.1) is 0 Å². The van der Waals surface area contributed by atoms with E-state index in [9.17, 15) is 8.78 Å². The van der Waals surface area contributed by atoms with Crippen molar-refractivity contribution in [2.75, 3.05) is 13.2 Å². The molecule has 1 aliphatic carbocycles. The first-order valence-electron chi connectivity index (χ1n) is 5.87. The van der Waals surface area contributed by atoms with Crippen molar-refractivity contribution in [3.8, 4) is 0 Å². The lowest BCUT2D eigenvalue weighted by Crippen LogP contribution is -2.44. The van der Waals surface area contributed by atoms with Gasteiger partial charge in [0, 0.05) is 6.04 Å².